The third-order valence-corrected chi connectivity index (χ3v) is 5.13. The maximum atomic E-state index is 12.5. The summed E-state index contributed by atoms with van der Waals surface area (Å²) >= 11 is 0. The minimum atomic E-state index is 0.100. The average Bonchev–Trinajstić information content (AvgIpc) is 2.69. The van der Waals surface area contributed by atoms with Crippen LogP contribution < -0.4 is 15.1 Å². The lowest BCUT2D eigenvalue weighted by atomic mass is 9.95. The highest BCUT2D eigenvalue weighted by atomic mass is 16.5. The quantitative estimate of drug-likeness (QED) is 0.775. The van der Waals surface area contributed by atoms with Crippen LogP contribution in [0.4, 0.5) is 11.5 Å². The van der Waals surface area contributed by atoms with E-state index in [0.29, 0.717) is 0 Å². The number of hydrogen-bond acceptors (Lipinski definition) is 7. The Hall–Kier alpha value is -1.93. The van der Waals surface area contributed by atoms with E-state index in [4.69, 9.17) is 4.74 Å². The summed E-state index contributed by atoms with van der Waals surface area (Å²) in [5, 5.41) is 3.11. The second-order valence-corrected chi connectivity index (χ2v) is 7.13. The zero-order chi connectivity index (χ0) is 18.4. The first-order valence-electron chi connectivity index (χ1n) is 9.45. The second-order valence-electron chi connectivity index (χ2n) is 7.13. The van der Waals surface area contributed by atoms with Crippen LogP contribution >= 0.6 is 0 Å². The third kappa shape index (κ3) is 4.82. The number of piperidine rings is 1. The lowest BCUT2D eigenvalue weighted by Crippen LogP contribution is -2.44. The van der Waals surface area contributed by atoms with Crippen molar-refractivity contribution in [1.29, 1.82) is 0 Å². The first-order valence-corrected chi connectivity index (χ1v) is 9.45. The number of ether oxygens (including phenoxy) is 1. The molecule has 1 N–H and O–H groups in total. The molecule has 1 aromatic heterocycles. The van der Waals surface area contributed by atoms with Gasteiger partial charge < -0.3 is 19.9 Å². The van der Waals surface area contributed by atoms with E-state index in [1.165, 1.54) is 0 Å². The van der Waals surface area contributed by atoms with Gasteiger partial charge >= 0.3 is 0 Å². The molecule has 144 valence electrons. The second kappa shape index (κ2) is 9.14. The van der Waals surface area contributed by atoms with Crippen molar-refractivity contribution in [1.82, 2.24) is 20.2 Å². The summed E-state index contributed by atoms with van der Waals surface area (Å²) in [4.78, 5) is 27.6. The van der Waals surface area contributed by atoms with E-state index < -0.39 is 0 Å². The Morgan fingerprint density at radius 2 is 2.00 bits per heavy atom. The number of aromatic nitrogens is 2. The van der Waals surface area contributed by atoms with Crippen molar-refractivity contribution in [2.75, 3.05) is 76.4 Å². The molecule has 0 aromatic carbocycles. The summed E-state index contributed by atoms with van der Waals surface area (Å²) in [5.74, 6) is 1.21. The molecule has 0 atom stereocenters. The Morgan fingerprint density at radius 1 is 1.27 bits per heavy atom. The van der Waals surface area contributed by atoms with E-state index in [1.54, 1.807) is 6.33 Å². The topological polar surface area (TPSA) is 73.8 Å². The van der Waals surface area contributed by atoms with E-state index in [9.17, 15) is 4.79 Å². The molecule has 3 heterocycles. The molecule has 0 saturated carbocycles. The molecule has 1 amide bonds. The van der Waals surface area contributed by atoms with Crippen molar-refractivity contribution < 1.29 is 9.53 Å². The Kier molecular flexibility index (Phi) is 6.62. The Morgan fingerprint density at radius 3 is 2.69 bits per heavy atom. The van der Waals surface area contributed by atoms with Crippen LogP contribution in [-0.2, 0) is 9.53 Å². The molecule has 0 aliphatic carbocycles. The van der Waals surface area contributed by atoms with Crippen molar-refractivity contribution in [3.05, 3.63) is 12.5 Å². The molecule has 1 aromatic rings. The fourth-order valence-electron chi connectivity index (χ4n) is 3.57. The maximum Gasteiger partial charge on any atom is 0.223 e. The standard InChI is InChI=1S/C18H30N6O2/c1-22(2)17-16(13-19-14-21-17)24-6-3-15(4-7-24)18(25)20-5-8-23-9-11-26-12-10-23/h13-15H,3-12H2,1-2H3,(H,20,25). The highest BCUT2D eigenvalue weighted by molar-refractivity contribution is 5.79. The maximum absolute atomic E-state index is 12.5. The van der Waals surface area contributed by atoms with Gasteiger partial charge in [-0.15, -0.1) is 0 Å². The summed E-state index contributed by atoms with van der Waals surface area (Å²) in [6, 6.07) is 0. The van der Waals surface area contributed by atoms with Crippen molar-refractivity contribution in [2.45, 2.75) is 12.8 Å². The van der Waals surface area contributed by atoms with Crippen LogP contribution in [0, 0.1) is 5.92 Å². The number of nitrogens with one attached hydrogen (secondary N) is 1. The van der Waals surface area contributed by atoms with Crippen LogP contribution in [0.5, 0.6) is 0 Å². The largest absolute Gasteiger partial charge is 0.379 e. The van der Waals surface area contributed by atoms with E-state index in [2.05, 4.69) is 25.1 Å². The van der Waals surface area contributed by atoms with E-state index in [0.717, 1.165) is 76.8 Å². The van der Waals surface area contributed by atoms with Gasteiger partial charge in [0.15, 0.2) is 5.82 Å². The van der Waals surface area contributed by atoms with Crippen molar-refractivity contribution in [3.63, 3.8) is 0 Å². The first-order chi connectivity index (χ1) is 12.6. The molecule has 0 unspecified atom stereocenters. The fourth-order valence-corrected chi connectivity index (χ4v) is 3.57. The summed E-state index contributed by atoms with van der Waals surface area (Å²) in [6.45, 7) is 6.85. The summed E-state index contributed by atoms with van der Waals surface area (Å²) < 4.78 is 5.35. The molecule has 0 bridgehead atoms. The lowest BCUT2D eigenvalue weighted by molar-refractivity contribution is -0.125. The number of rotatable bonds is 6. The number of anilines is 2. The molecule has 26 heavy (non-hydrogen) atoms. The van der Waals surface area contributed by atoms with E-state index in [-0.39, 0.29) is 11.8 Å². The van der Waals surface area contributed by atoms with Crippen LogP contribution in [0.2, 0.25) is 0 Å². The van der Waals surface area contributed by atoms with Gasteiger partial charge in [0, 0.05) is 59.3 Å². The van der Waals surface area contributed by atoms with Crippen LogP contribution in [0.1, 0.15) is 12.8 Å². The molecule has 2 saturated heterocycles. The predicted octanol–water partition coefficient (Wildman–Crippen LogP) is 0.207. The van der Waals surface area contributed by atoms with Gasteiger partial charge in [-0.1, -0.05) is 0 Å². The molecule has 2 aliphatic rings. The lowest BCUT2D eigenvalue weighted by Gasteiger charge is -2.34. The van der Waals surface area contributed by atoms with Crippen LogP contribution in [0.3, 0.4) is 0 Å². The summed E-state index contributed by atoms with van der Waals surface area (Å²) in [5.41, 5.74) is 1.05. The molecular weight excluding hydrogens is 332 g/mol. The van der Waals surface area contributed by atoms with Gasteiger partial charge in [0.2, 0.25) is 5.91 Å². The number of amides is 1. The number of carbonyl (C=O) groups is 1. The highest BCUT2D eigenvalue weighted by Crippen LogP contribution is 2.28. The van der Waals surface area contributed by atoms with Gasteiger partial charge in [-0.05, 0) is 12.8 Å². The summed E-state index contributed by atoms with van der Waals surface area (Å²) in [7, 11) is 3.97. The van der Waals surface area contributed by atoms with Crippen LogP contribution in [0.25, 0.3) is 0 Å². The molecule has 3 rings (SSSR count). The molecular formula is C18H30N6O2. The first kappa shape index (κ1) is 18.8. The smallest absolute Gasteiger partial charge is 0.223 e. The zero-order valence-electron chi connectivity index (χ0n) is 15.9. The number of morpholine rings is 1. The SMILES string of the molecule is CN(C)c1ncncc1N1CCC(C(=O)NCCN2CCOCC2)CC1. The summed E-state index contributed by atoms with van der Waals surface area (Å²) in [6.07, 6.45) is 5.18. The minimum Gasteiger partial charge on any atom is -0.379 e. The van der Waals surface area contributed by atoms with Gasteiger partial charge in [-0.2, -0.15) is 0 Å². The van der Waals surface area contributed by atoms with Gasteiger partial charge in [0.05, 0.1) is 25.1 Å². The van der Waals surface area contributed by atoms with Gasteiger partial charge in [0.1, 0.15) is 6.33 Å². The molecule has 8 heteroatoms. The average molecular weight is 362 g/mol. The van der Waals surface area contributed by atoms with Crippen LogP contribution in [0.15, 0.2) is 12.5 Å². The number of carbonyl (C=O) groups excluding carboxylic acids is 1. The van der Waals surface area contributed by atoms with Gasteiger partial charge in [-0.3, -0.25) is 9.69 Å². The van der Waals surface area contributed by atoms with Crippen LogP contribution in [-0.4, -0.2) is 87.4 Å². The number of hydrogen-bond donors (Lipinski definition) is 1. The zero-order valence-corrected chi connectivity index (χ0v) is 15.9. The minimum absolute atomic E-state index is 0.100. The normalized spacial score (nSPS) is 19.4. The van der Waals surface area contributed by atoms with E-state index >= 15 is 0 Å². The fraction of sp³-hybridized carbons (Fsp3) is 0.722. The number of nitrogens with zero attached hydrogens (tertiary/aromatic N) is 5. The highest BCUT2D eigenvalue weighted by Gasteiger charge is 2.26. The Labute approximate surface area is 155 Å². The Bertz CT molecular complexity index is 583. The van der Waals surface area contributed by atoms with Crippen molar-refractivity contribution >= 4 is 17.4 Å². The molecule has 2 aliphatic heterocycles. The van der Waals surface area contributed by atoms with Gasteiger partial charge in [0.25, 0.3) is 0 Å². The molecule has 2 fully saturated rings. The Balaban J connectivity index is 1.44. The van der Waals surface area contributed by atoms with E-state index in [1.807, 2.05) is 25.2 Å². The van der Waals surface area contributed by atoms with Gasteiger partial charge in [-0.25, -0.2) is 9.97 Å². The molecule has 8 nitrogen and oxygen atoms in total. The molecule has 0 spiro atoms. The monoisotopic (exact) mass is 362 g/mol. The van der Waals surface area contributed by atoms with Crippen molar-refractivity contribution in [3.8, 4) is 0 Å². The molecule has 0 radical (unpaired) electrons. The van der Waals surface area contributed by atoms with Crippen molar-refractivity contribution in [2.24, 2.45) is 5.92 Å². The predicted molar refractivity (Wildman–Crippen MR) is 102 cm³/mol. The third-order valence-electron chi connectivity index (χ3n) is 5.13.